The van der Waals surface area contributed by atoms with Crippen LogP contribution < -0.4 is 14.8 Å². The van der Waals surface area contributed by atoms with Gasteiger partial charge in [-0.05, 0) is 55.3 Å². The van der Waals surface area contributed by atoms with Gasteiger partial charge in [-0.25, -0.2) is 0 Å². The normalized spacial score (nSPS) is 10.8. The molecule has 0 saturated carbocycles. The first-order chi connectivity index (χ1) is 12.0. The van der Waals surface area contributed by atoms with Crippen molar-refractivity contribution in [3.05, 3.63) is 58.7 Å². The van der Waals surface area contributed by atoms with Crippen molar-refractivity contribution in [3.63, 3.8) is 0 Å². The van der Waals surface area contributed by atoms with E-state index in [-0.39, 0.29) is 5.57 Å². The Labute approximate surface area is 147 Å². The number of nitrogens with zero attached hydrogens (tertiary/aromatic N) is 1. The number of nitrogens with one attached hydrogen (secondary N) is 1. The number of carbonyl (C=O) groups excluding carboxylic acids is 1. The Morgan fingerprint density at radius 3 is 2.32 bits per heavy atom. The van der Waals surface area contributed by atoms with Crippen LogP contribution in [0.1, 0.15) is 16.7 Å². The minimum Gasteiger partial charge on any atom is -0.497 e. The van der Waals surface area contributed by atoms with Gasteiger partial charge in [-0.1, -0.05) is 6.07 Å². The van der Waals surface area contributed by atoms with E-state index < -0.39 is 5.91 Å². The largest absolute Gasteiger partial charge is 0.497 e. The zero-order valence-corrected chi connectivity index (χ0v) is 14.7. The molecule has 1 amide bonds. The molecule has 0 aromatic heterocycles. The van der Waals surface area contributed by atoms with Gasteiger partial charge < -0.3 is 14.8 Å². The summed E-state index contributed by atoms with van der Waals surface area (Å²) in [6, 6.07) is 12.8. The molecule has 0 aliphatic heterocycles. The Balaban J connectivity index is 2.31. The summed E-state index contributed by atoms with van der Waals surface area (Å²) < 4.78 is 10.4. The Kier molecular flexibility index (Phi) is 5.80. The van der Waals surface area contributed by atoms with E-state index in [9.17, 15) is 10.1 Å². The summed E-state index contributed by atoms with van der Waals surface area (Å²) in [6.45, 7) is 3.90. The topological polar surface area (TPSA) is 71.3 Å². The Hall–Kier alpha value is -3.26. The van der Waals surface area contributed by atoms with Crippen LogP contribution in [-0.4, -0.2) is 20.1 Å². The fourth-order valence-electron chi connectivity index (χ4n) is 2.49. The van der Waals surface area contributed by atoms with Crippen molar-refractivity contribution in [2.75, 3.05) is 19.5 Å². The van der Waals surface area contributed by atoms with Crippen molar-refractivity contribution in [2.45, 2.75) is 13.8 Å². The molecule has 5 heteroatoms. The van der Waals surface area contributed by atoms with E-state index in [0.717, 1.165) is 11.1 Å². The first kappa shape index (κ1) is 18.1. The lowest BCUT2D eigenvalue weighted by molar-refractivity contribution is -0.112. The highest BCUT2D eigenvalue weighted by Crippen LogP contribution is 2.26. The summed E-state index contributed by atoms with van der Waals surface area (Å²) >= 11 is 0. The van der Waals surface area contributed by atoms with Gasteiger partial charge in [0.1, 0.15) is 23.1 Å². The van der Waals surface area contributed by atoms with Crippen LogP contribution in [0.2, 0.25) is 0 Å². The zero-order valence-electron chi connectivity index (χ0n) is 14.7. The number of benzene rings is 2. The number of methoxy groups -OCH3 is 2. The molecule has 0 radical (unpaired) electrons. The molecular formula is C20H20N2O3. The molecule has 1 N–H and O–H groups in total. The van der Waals surface area contributed by atoms with Crippen LogP contribution in [0.3, 0.4) is 0 Å². The minimum absolute atomic E-state index is 0.0115. The number of aryl methyl sites for hydroxylation is 2. The third-order valence-corrected chi connectivity index (χ3v) is 3.59. The maximum absolute atomic E-state index is 12.4. The van der Waals surface area contributed by atoms with Crippen LogP contribution >= 0.6 is 0 Å². The van der Waals surface area contributed by atoms with Gasteiger partial charge in [0.2, 0.25) is 0 Å². The van der Waals surface area contributed by atoms with Crippen molar-refractivity contribution in [3.8, 4) is 17.6 Å². The fourth-order valence-corrected chi connectivity index (χ4v) is 2.49. The number of amides is 1. The molecule has 0 saturated heterocycles. The lowest BCUT2D eigenvalue weighted by Crippen LogP contribution is -2.13. The molecule has 2 rings (SSSR count). The van der Waals surface area contributed by atoms with Crippen LogP contribution in [0.25, 0.3) is 6.08 Å². The summed E-state index contributed by atoms with van der Waals surface area (Å²) in [5.74, 6) is 0.684. The number of hydrogen-bond acceptors (Lipinski definition) is 4. The van der Waals surface area contributed by atoms with Crippen molar-refractivity contribution in [2.24, 2.45) is 0 Å². The molecule has 0 aliphatic carbocycles. The molecule has 128 valence electrons. The maximum atomic E-state index is 12.4. The summed E-state index contributed by atoms with van der Waals surface area (Å²) in [5, 5.41) is 12.1. The van der Waals surface area contributed by atoms with Gasteiger partial charge in [-0.3, -0.25) is 4.79 Å². The van der Waals surface area contributed by atoms with Gasteiger partial charge in [0.15, 0.2) is 0 Å². The van der Waals surface area contributed by atoms with Crippen LogP contribution in [0, 0.1) is 25.2 Å². The van der Waals surface area contributed by atoms with Gasteiger partial charge in [0.25, 0.3) is 5.91 Å². The summed E-state index contributed by atoms with van der Waals surface area (Å²) in [5.41, 5.74) is 3.34. The molecule has 0 atom stereocenters. The number of anilines is 1. The van der Waals surface area contributed by atoms with Crippen molar-refractivity contribution < 1.29 is 14.3 Å². The lowest BCUT2D eigenvalue weighted by atomic mass is 10.1. The van der Waals surface area contributed by atoms with E-state index in [1.807, 2.05) is 38.1 Å². The zero-order chi connectivity index (χ0) is 18.4. The van der Waals surface area contributed by atoms with Gasteiger partial charge in [-0.15, -0.1) is 0 Å². The van der Waals surface area contributed by atoms with Gasteiger partial charge in [-0.2, -0.15) is 5.26 Å². The van der Waals surface area contributed by atoms with Gasteiger partial charge >= 0.3 is 0 Å². The predicted molar refractivity (Wildman–Crippen MR) is 97.7 cm³/mol. The first-order valence-electron chi connectivity index (χ1n) is 7.70. The Morgan fingerprint density at radius 1 is 1.08 bits per heavy atom. The molecule has 0 aliphatic rings. The first-order valence-corrected chi connectivity index (χ1v) is 7.70. The van der Waals surface area contributed by atoms with E-state index in [1.54, 1.807) is 25.3 Å². The third kappa shape index (κ3) is 4.61. The smallest absolute Gasteiger partial charge is 0.266 e. The second kappa shape index (κ2) is 8.02. The molecular weight excluding hydrogens is 316 g/mol. The number of hydrogen-bond donors (Lipinski definition) is 1. The lowest BCUT2D eigenvalue weighted by Gasteiger charge is -2.09. The fraction of sp³-hybridized carbons (Fsp3) is 0.200. The standard InChI is InChI=1S/C20H20N2O3/c1-13-7-14(2)9-17(8-13)22-20(23)16(12-21)10-15-5-6-18(24-3)11-19(15)25-4/h5-11H,1-4H3,(H,22,23). The SMILES string of the molecule is COc1ccc(C=C(C#N)C(=O)Nc2cc(C)cc(C)c2)c(OC)c1. The molecule has 0 bridgehead atoms. The van der Waals surface area contributed by atoms with Gasteiger partial charge in [0.05, 0.1) is 14.2 Å². The van der Waals surface area contributed by atoms with Crippen molar-refractivity contribution in [1.82, 2.24) is 0 Å². The molecule has 0 spiro atoms. The summed E-state index contributed by atoms with van der Waals surface area (Å²) in [4.78, 5) is 12.4. The molecule has 5 nitrogen and oxygen atoms in total. The monoisotopic (exact) mass is 336 g/mol. The second-order valence-electron chi connectivity index (χ2n) is 5.61. The number of ether oxygens (including phenoxy) is 2. The summed E-state index contributed by atoms with van der Waals surface area (Å²) in [7, 11) is 3.08. The minimum atomic E-state index is -0.467. The average Bonchev–Trinajstić information content (AvgIpc) is 2.58. The van der Waals surface area contributed by atoms with E-state index in [4.69, 9.17) is 9.47 Å². The van der Waals surface area contributed by atoms with Crippen LogP contribution in [0.15, 0.2) is 42.0 Å². The second-order valence-corrected chi connectivity index (χ2v) is 5.61. The number of rotatable bonds is 5. The quantitative estimate of drug-likeness (QED) is 0.665. The maximum Gasteiger partial charge on any atom is 0.266 e. The molecule has 25 heavy (non-hydrogen) atoms. The highest BCUT2D eigenvalue weighted by Gasteiger charge is 2.12. The highest BCUT2D eigenvalue weighted by atomic mass is 16.5. The van der Waals surface area contributed by atoms with Gasteiger partial charge in [0, 0.05) is 17.3 Å². The summed E-state index contributed by atoms with van der Waals surface area (Å²) in [6.07, 6.45) is 1.50. The van der Waals surface area contributed by atoms with E-state index in [0.29, 0.717) is 22.7 Å². The van der Waals surface area contributed by atoms with Crippen LogP contribution in [0.4, 0.5) is 5.69 Å². The molecule has 2 aromatic rings. The number of nitriles is 1. The highest BCUT2D eigenvalue weighted by molar-refractivity contribution is 6.09. The van der Waals surface area contributed by atoms with E-state index in [1.165, 1.54) is 13.2 Å². The van der Waals surface area contributed by atoms with E-state index >= 15 is 0 Å². The van der Waals surface area contributed by atoms with Crippen LogP contribution in [0.5, 0.6) is 11.5 Å². The average molecular weight is 336 g/mol. The predicted octanol–water partition coefficient (Wildman–Crippen LogP) is 3.87. The van der Waals surface area contributed by atoms with E-state index in [2.05, 4.69) is 5.32 Å². The molecule has 0 unspecified atom stereocenters. The van der Waals surface area contributed by atoms with Crippen molar-refractivity contribution in [1.29, 1.82) is 5.26 Å². The molecule has 2 aromatic carbocycles. The number of carbonyl (C=O) groups is 1. The Morgan fingerprint density at radius 2 is 1.76 bits per heavy atom. The molecule has 0 heterocycles. The van der Waals surface area contributed by atoms with Crippen molar-refractivity contribution >= 4 is 17.7 Å². The third-order valence-electron chi connectivity index (χ3n) is 3.59. The Bertz CT molecular complexity index is 843. The van der Waals surface area contributed by atoms with Crippen LogP contribution in [-0.2, 0) is 4.79 Å². The molecule has 0 fully saturated rings.